The van der Waals surface area contributed by atoms with Crippen molar-refractivity contribution in [1.82, 2.24) is 9.78 Å². The molecule has 0 fully saturated rings. The Labute approximate surface area is 129 Å². The van der Waals surface area contributed by atoms with E-state index >= 15 is 0 Å². The van der Waals surface area contributed by atoms with Gasteiger partial charge in [0.05, 0.1) is 6.20 Å². The van der Waals surface area contributed by atoms with Crippen molar-refractivity contribution < 1.29 is 4.39 Å². The maximum atomic E-state index is 13.1. The van der Waals surface area contributed by atoms with Crippen molar-refractivity contribution in [1.29, 1.82) is 0 Å². The Hall–Kier alpha value is -0.680. The molecular weight excluding hydrogens is 375 g/mol. The van der Waals surface area contributed by atoms with Gasteiger partial charge in [0.2, 0.25) is 0 Å². The van der Waals surface area contributed by atoms with Crippen molar-refractivity contribution in [3.8, 4) is 0 Å². The van der Waals surface area contributed by atoms with E-state index in [9.17, 15) is 4.39 Å². The highest BCUT2D eigenvalue weighted by atomic mass is 79.9. The van der Waals surface area contributed by atoms with E-state index in [1.165, 1.54) is 17.7 Å². The zero-order chi connectivity index (χ0) is 13.9. The molecule has 2 nitrogen and oxygen atoms in total. The van der Waals surface area contributed by atoms with Gasteiger partial charge in [-0.15, -0.1) is 0 Å². The lowest BCUT2D eigenvalue weighted by atomic mass is 9.80. The highest BCUT2D eigenvalue weighted by molar-refractivity contribution is 9.09. The van der Waals surface area contributed by atoms with Crippen LogP contribution in [-0.2, 0) is 18.9 Å². The van der Waals surface area contributed by atoms with E-state index in [-0.39, 0.29) is 11.2 Å². The molecule has 19 heavy (non-hydrogen) atoms. The average molecular weight is 390 g/mol. The van der Waals surface area contributed by atoms with Crippen molar-refractivity contribution in [2.24, 2.45) is 7.05 Å². The molecule has 0 aliphatic rings. The quantitative estimate of drug-likeness (QED) is 0.710. The summed E-state index contributed by atoms with van der Waals surface area (Å²) in [7, 11) is 1.91. The first kappa shape index (κ1) is 14.7. The summed E-state index contributed by atoms with van der Waals surface area (Å²) in [6, 6.07) is 6.74. The van der Waals surface area contributed by atoms with Crippen LogP contribution in [0.1, 0.15) is 11.1 Å². The van der Waals surface area contributed by atoms with Crippen molar-refractivity contribution >= 4 is 31.9 Å². The van der Waals surface area contributed by atoms with Crippen LogP contribution in [0.3, 0.4) is 0 Å². The smallest absolute Gasteiger partial charge is 0.123 e. The summed E-state index contributed by atoms with van der Waals surface area (Å²) in [6.07, 6.45) is 4.75. The number of nitrogens with zero attached hydrogens (tertiary/aromatic N) is 2. The topological polar surface area (TPSA) is 17.8 Å². The van der Waals surface area contributed by atoms with Gasteiger partial charge in [-0.1, -0.05) is 44.0 Å². The summed E-state index contributed by atoms with van der Waals surface area (Å²) >= 11 is 7.20. The molecule has 1 heterocycles. The normalized spacial score (nSPS) is 11.8. The Morgan fingerprint density at radius 1 is 1.21 bits per heavy atom. The molecule has 0 spiro atoms. The standard InChI is InChI=1S/C14H15Br2FN2/c1-19-8-11(7-18-19)6-14(9-15,10-16)12-2-4-13(17)5-3-12/h2-5,7-8H,6,9-10H2,1H3. The minimum atomic E-state index is -0.205. The Kier molecular flexibility index (Phi) is 4.79. The van der Waals surface area contributed by atoms with Gasteiger partial charge in [0.25, 0.3) is 0 Å². The second kappa shape index (κ2) is 6.18. The predicted octanol–water partition coefficient (Wildman–Crippen LogP) is 3.83. The Morgan fingerprint density at radius 3 is 2.32 bits per heavy atom. The van der Waals surface area contributed by atoms with Gasteiger partial charge < -0.3 is 0 Å². The number of aryl methyl sites for hydroxylation is 1. The largest absolute Gasteiger partial charge is 0.276 e. The first-order valence-electron chi connectivity index (χ1n) is 5.95. The van der Waals surface area contributed by atoms with Crippen LogP contribution in [0, 0.1) is 5.82 Å². The summed E-state index contributed by atoms with van der Waals surface area (Å²) in [5, 5.41) is 5.80. The summed E-state index contributed by atoms with van der Waals surface area (Å²) < 4.78 is 14.9. The van der Waals surface area contributed by atoms with Crippen LogP contribution in [-0.4, -0.2) is 20.4 Å². The lowest BCUT2D eigenvalue weighted by Crippen LogP contribution is -2.32. The predicted molar refractivity (Wildman–Crippen MR) is 82.6 cm³/mol. The van der Waals surface area contributed by atoms with Gasteiger partial charge in [0.1, 0.15) is 5.82 Å². The molecule has 0 amide bonds. The van der Waals surface area contributed by atoms with Gasteiger partial charge >= 0.3 is 0 Å². The van der Waals surface area contributed by atoms with E-state index in [4.69, 9.17) is 0 Å². The van der Waals surface area contributed by atoms with Crippen molar-refractivity contribution in [2.45, 2.75) is 11.8 Å². The van der Waals surface area contributed by atoms with Crippen molar-refractivity contribution in [3.05, 3.63) is 53.6 Å². The van der Waals surface area contributed by atoms with Crippen LogP contribution < -0.4 is 0 Å². The minimum absolute atomic E-state index is 0.100. The number of halogens is 3. The fourth-order valence-corrected chi connectivity index (χ4v) is 4.12. The van der Waals surface area contributed by atoms with E-state index in [1.54, 1.807) is 4.68 Å². The number of hydrogen-bond donors (Lipinski definition) is 0. The molecule has 0 radical (unpaired) electrons. The highest BCUT2D eigenvalue weighted by Crippen LogP contribution is 2.32. The Bertz CT molecular complexity index is 533. The van der Waals surface area contributed by atoms with Crippen LogP contribution in [0.2, 0.25) is 0 Å². The molecule has 0 bridgehead atoms. The molecule has 0 aliphatic carbocycles. The van der Waals surface area contributed by atoms with Crippen LogP contribution >= 0.6 is 31.9 Å². The molecule has 0 saturated carbocycles. The van der Waals surface area contributed by atoms with Crippen LogP contribution in [0.25, 0.3) is 0 Å². The maximum Gasteiger partial charge on any atom is 0.123 e. The third kappa shape index (κ3) is 3.26. The third-order valence-electron chi connectivity index (χ3n) is 3.27. The SMILES string of the molecule is Cn1cc(CC(CBr)(CBr)c2ccc(F)cc2)cn1. The second-order valence-corrected chi connectivity index (χ2v) is 5.87. The van der Waals surface area contributed by atoms with Gasteiger partial charge in [0.15, 0.2) is 0 Å². The molecule has 2 aromatic rings. The number of aromatic nitrogens is 2. The lowest BCUT2D eigenvalue weighted by Gasteiger charge is -2.30. The van der Waals surface area contributed by atoms with E-state index in [2.05, 4.69) is 37.0 Å². The Balaban J connectivity index is 2.33. The summed E-state index contributed by atoms with van der Waals surface area (Å²) in [4.78, 5) is 0. The van der Waals surface area contributed by atoms with Gasteiger partial charge in [-0.3, -0.25) is 4.68 Å². The van der Waals surface area contributed by atoms with Crippen LogP contribution in [0.4, 0.5) is 4.39 Å². The molecular formula is C14H15Br2FN2. The lowest BCUT2D eigenvalue weighted by molar-refractivity contribution is 0.547. The molecule has 0 unspecified atom stereocenters. The number of rotatable bonds is 5. The van der Waals surface area contributed by atoms with Gasteiger partial charge in [-0.05, 0) is 29.7 Å². The van der Waals surface area contributed by atoms with Crippen LogP contribution in [0.5, 0.6) is 0 Å². The van der Waals surface area contributed by atoms with E-state index in [0.717, 1.165) is 22.6 Å². The summed E-state index contributed by atoms with van der Waals surface area (Å²) in [5.41, 5.74) is 2.19. The fourth-order valence-electron chi connectivity index (χ4n) is 2.14. The number of hydrogen-bond acceptors (Lipinski definition) is 1. The molecule has 5 heteroatoms. The fraction of sp³-hybridized carbons (Fsp3) is 0.357. The molecule has 0 aliphatic heterocycles. The third-order valence-corrected chi connectivity index (χ3v) is 5.42. The van der Waals surface area contributed by atoms with Gasteiger partial charge in [-0.2, -0.15) is 5.10 Å². The maximum absolute atomic E-state index is 13.1. The van der Waals surface area contributed by atoms with Gasteiger partial charge in [0, 0.05) is 29.3 Å². The molecule has 0 saturated heterocycles. The van der Waals surface area contributed by atoms with E-state index in [0.29, 0.717) is 0 Å². The number of benzene rings is 1. The average Bonchev–Trinajstić information content (AvgIpc) is 2.82. The first-order valence-corrected chi connectivity index (χ1v) is 8.19. The number of alkyl halides is 2. The molecule has 102 valence electrons. The minimum Gasteiger partial charge on any atom is -0.276 e. The molecule has 0 N–H and O–H groups in total. The highest BCUT2D eigenvalue weighted by Gasteiger charge is 2.31. The van der Waals surface area contributed by atoms with Crippen molar-refractivity contribution in [3.63, 3.8) is 0 Å². The van der Waals surface area contributed by atoms with E-state index < -0.39 is 0 Å². The molecule has 0 atom stereocenters. The van der Waals surface area contributed by atoms with Crippen LogP contribution in [0.15, 0.2) is 36.7 Å². The Morgan fingerprint density at radius 2 is 1.84 bits per heavy atom. The monoisotopic (exact) mass is 388 g/mol. The van der Waals surface area contributed by atoms with Gasteiger partial charge in [-0.25, -0.2) is 4.39 Å². The molecule has 1 aromatic heterocycles. The zero-order valence-corrected chi connectivity index (χ0v) is 13.8. The van der Waals surface area contributed by atoms with E-state index in [1.807, 2.05) is 31.6 Å². The van der Waals surface area contributed by atoms with Crippen molar-refractivity contribution in [2.75, 3.05) is 10.7 Å². The molecule has 2 rings (SSSR count). The molecule has 1 aromatic carbocycles. The summed E-state index contributed by atoms with van der Waals surface area (Å²) in [6.45, 7) is 0. The zero-order valence-electron chi connectivity index (χ0n) is 10.6. The second-order valence-electron chi connectivity index (χ2n) is 4.75. The first-order chi connectivity index (χ1) is 9.09. The summed E-state index contributed by atoms with van der Waals surface area (Å²) in [5.74, 6) is -0.205.